The molecule has 1 aromatic rings. The van der Waals surface area contributed by atoms with Gasteiger partial charge in [-0.25, -0.2) is 0 Å². The Morgan fingerprint density at radius 3 is 1.93 bits per heavy atom. The van der Waals surface area contributed by atoms with E-state index >= 15 is 0 Å². The lowest BCUT2D eigenvalue weighted by Crippen LogP contribution is -2.03. The normalized spacial score (nSPS) is 10.3. The van der Waals surface area contributed by atoms with Crippen molar-refractivity contribution in [3.8, 4) is 0 Å². The molecule has 1 aromatic carbocycles. The van der Waals surface area contributed by atoms with Crippen LogP contribution in [0.3, 0.4) is 0 Å². The lowest BCUT2D eigenvalue weighted by atomic mass is 10.3. The molecule has 14 heavy (non-hydrogen) atoms. The van der Waals surface area contributed by atoms with Crippen molar-refractivity contribution < 1.29 is 10.2 Å². The van der Waals surface area contributed by atoms with Crippen molar-refractivity contribution in [1.29, 1.82) is 0 Å². The maximum Gasteiger partial charge on any atom is 0.0742 e. The van der Waals surface area contributed by atoms with Gasteiger partial charge >= 0.3 is 0 Å². The highest BCUT2D eigenvalue weighted by Gasteiger charge is 1.83. The second-order valence-electron chi connectivity index (χ2n) is 2.65. The van der Waals surface area contributed by atoms with Crippen LogP contribution >= 0.6 is 12.4 Å². The minimum absolute atomic E-state index is 0. The van der Waals surface area contributed by atoms with E-state index in [2.05, 4.69) is 5.32 Å². The number of anilines is 1. The van der Waals surface area contributed by atoms with E-state index in [0.29, 0.717) is 0 Å². The number of aliphatic hydroxyl groups excluding tert-OH is 2. The lowest BCUT2D eigenvalue weighted by Gasteiger charge is -1.94. The largest absolute Gasteiger partial charge is 0.394 e. The summed E-state index contributed by atoms with van der Waals surface area (Å²) in [5, 5.41) is 19.0. The van der Waals surface area contributed by atoms with Gasteiger partial charge in [-0.1, -0.05) is 18.2 Å². The fourth-order valence-electron chi connectivity index (χ4n) is 0.605. The number of aliphatic hydroxyl groups is 2. The molecule has 0 aliphatic rings. The van der Waals surface area contributed by atoms with Crippen molar-refractivity contribution >= 4 is 18.1 Å². The summed E-state index contributed by atoms with van der Waals surface area (Å²) in [6, 6.07) is 10.1. The van der Waals surface area contributed by atoms with E-state index in [4.69, 9.17) is 10.2 Å². The van der Waals surface area contributed by atoms with Gasteiger partial charge in [-0.3, -0.25) is 0 Å². The summed E-state index contributed by atoms with van der Waals surface area (Å²) in [6.45, 7) is 1.39. The zero-order chi connectivity index (χ0) is 10.1. The van der Waals surface area contributed by atoms with Gasteiger partial charge in [0.1, 0.15) is 0 Å². The van der Waals surface area contributed by atoms with Crippen molar-refractivity contribution in [3.63, 3.8) is 0 Å². The summed E-state index contributed by atoms with van der Waals surface area (Å²) in [6.07, 6.45) is -0.560. The molecule has 0 fully saturated rings. The molecule has 1 rings (SSSR count). The number of halogens is 1. The Hall–Kier alpha value is -0.770. The topological polar surface area (TPSA) is 52.5 Å². The molecule has 0 aliphatic heterocycles. The first kappa shape index (κ1) is 15.7. The molecule has 0 spiro atoms. The van der Waals surface area contributed by atoms with Crippen molar-refractivity contribution in [2.45, 2.75) is 13.0 Å². The fourth-order valence-corrected chi connectivity index (χ4v) is 0.605. The Morgan fingerprint density at radius 2 is 1.71 bits per heavy atom. The van der Waals surface area contributed by atoms with Crippen LogP contribution in [0.5, 0.6) is 0 Å². The van der Waals surface area contributed by atoms with Crippen LogP contribution in [0.1, 0.15) is 6.92 Å². The highest BCUT2D eigenvalue weighted by molar-refractivity contribution is 5.85. The Morgan fingerprint density at radius 1 is 1.29 bits per heavy atom. The van der Waals surface area contributed by atoms with Crippen LogP contribution in [0.4, 0.5) is 5.69 Å². The third kappa shape index (κ3) is 9.32. The molecule has 3 nitrogen and oxygen atoms in total. The molecule has 0 aliphatic carbocycles. The van der Waals surface area contributed by atoms with Gasteiger partial charge in [0, 0.05) is 12.7 Å². The zero-order valence-corrected chi connectivity index (χ0v) is 9.29. The van der Waals surface area contributed by atoms with Crippen molar-refractivity contribution in [2.24, 2.45) is 0 Å². The maximum absolute atomic E-state index is 8.11. The third-order valence-corrected chi connectivity index (χ3v) is 1.33. The first-order valence-corrected chi connectivity index (χ1v) is 4.22. The minimum Gasteiger partial charge on any atom is -0.394 e. The SMILES string of the molecule is CC(O)CO.CNc1ccccc1.Cl. The molecule has 82 valence electrons. The van der Waals surface area contributed by atoms with Crippen LogP contribution in [-0.4, -0.2) is 30.0 Å². The first-order valence-electron chi connectivity index (χ1n) is 4.22. The Kier molecular flexibility index (Phi) is 11.6. The van der Waals surface area contributed by atoms with Gasteiger partial charge < -0.3 is 15.5 Å². The van der Waals surface area contributed by atoms with E-state index < -0.39 is 6.10 Å². The first-order chi connectivity index (χ1) is 6.20. The molecule has 0 saturated carbocycles. The summed E-state index contributed by atoms with van der Waals surface area (Å²) in [7, 11) is 1.91. The van der Waals surface area contributed by atoms with Crippen LogP contribution in [0.15, 0.2) is 30.3 Å². The van der Waals surface area contributed by atoms with Gasteiger partial charge in [-0.15, -0.1) is 12.4 Å². The van der Waals surface area contributed by atoms with Crippen LogP contribution in [-0.2, 0) is 0 Å². The molecule has 0 amide bonds. The van der Waals surface area contributed by atoms with Crippen LogP contribution in [0, 0.1) is 0 Å². The van der Waals surface area contributed by atoms with Gasteiger partial charge in [0.25, 0.3) is 0 Å². The standard InChI is InChI=1S/C7H9N.C3H8O2.ClH/c1-8-7-5-3-2-4-6-7;1-3(5)2-4;/h2-6,8H,1H3;3-5H,2H2,1H3;1H. The summed E-state index contributed by atoms with van der Waals surface area (Å²) in [5.74, 6) is 0. The van der Waals surface area contributed by atoms with Crippen LogP contribution in [0.25, 0.3) is 0 Å². The number of benzene rings is 1. The average molecular weight is 220 g/mol. The molecule has 0 heterocycles. The summed E-state index contributed by atoms with van der Waals surface area (Å²) >= 11 is 0. The monoisotopic (exact) mass is 219 g/mol. The highest BCUT2D eigenvalue weighted by atomic mass is 35.5. The number of hydrogen-bond donors (Lipinski definition) is 3. The van der Waals surface area contributed by atoms with E-state index in [1.165, 1.54) is 6.92 Å². The summed E-state index contributed by atoms with van der Waals surface area (Å²) in [4.78, 5) is 0. The second-order valence-corrected chi connectivity index (χ2v) is 2.65. The molecular formula is C10H18ClNO2. The lowest BCUT2D eigenvalue weighted by molar-refractivity contribution is 0.110. The summed E-state index contributed by atoms with van der Waals surface area (Å²) in [5.41, 5.74) is 1.16. The molecule has 3 N–H and O–H groups in total. The van der Waals surface area contributed by atoms with E-state index in [-0.39, 0.29) is 19.0 Å². The number of para-hydroxylation sites is 1. The smallest absolute Gasteiger partial charge is 0.0742 e. The maximum atomic E-state index is 8.11. The molecule has 0 radical (unpaired) electrons. The Bertz CT molecular complexity index is 205. The molecule has 0 bridgehead atoms. The predicted molar refractivity (Wildman–Crippen MR) is 62.0 cm³/mol. The number of rotatable bonds is 2. The van der Waals surface area contributed by atoms with E-state index in [1.54, 1.807) is 0 Å². The third-order valence-electron chi connectivity index (χ3n) is 1.33. The van der Waals surface area contributed by atoms with Crippen molar-refractivity contribution in [2.75, 3.05) is 19.0 Å². The van der Waals surface area contributed by atoms with Gasteiger partial charge in [0.2, 0.25) is 0 Å². The van der Waals surface area contributed by atoms with Crippen LogP contribution in [0.2, 0.25) is 0 Å². The second kappa shape index (κ2) is 10.3. The van der Waals surface area contributed by atoms with Crippen molar-refractivity contribution in [3.05, 3.63) is 30.3 Å². The fraction of sp³-hybridized carbons (Fsp3) is 0.400. The number of nitrogens with one attached hydrogen (secondary N) is 1. The number of hydrogen-bond acceptors (Lipinski definition) is 3. The predicted octanol–water partition coefficient (Wildman–Crippen LogP) is 1.51. The average Bonchev–Trinajstić information content (AvgIpc) is 2.20. The van der Waals surface area contributed by atoms with Gasteiger partial charge in [-0.05, 0) is 19.1 Å². The summed E-state index contributed by atoms with van der Waals surface area (Å²) < 4.78 is 0. The highest BCUT2D eigenvalue weighted by Crippen LogP contribution is 2.01. The molecule has 1 atom stereocenters. The minimum atomic E-state index is -0.560. The molecule has 0 saturated heterocycles. The van der Waals surface area contributed by atoms with E-state index in [9.17, 15) is 0 Å². The van der Waals surface area contributed by atoms with Crippen LogP contribution < -0.4 is 5.32 Å². The molecule has 0 aromatic heterocycles. The van der Waals surface area contributed by atoms with Crippen molar-refractivity contribution in [1.82, 2.24) is 0 Å². The van der Waals surface area contributed by atoms with Gasteiger partial charge in [-0.2, -0.15) is 0 Å². The zero-order valence-electron chi connectivity index (χ0n) is 8.47. The molecule has 4 heteroatoms. The molecule has 1 unspecified atom stereocenters. The quantitative estimate of drug-likeness (QED) is 0.707. The van der Waals surface area contributed by atoms with Gasteiger partial charge in [0.15, 0.2) is 0 Å². The van der Waals surface area contributed by atoms with E-state index in [1.807, 2.05) is 37.4 Å². The Balaban J connectivity index is 0. The Labute approximate surface area is 91.2 Å². The van der Waals surface area contributed by atoms with E-state index in [0.717, 1.165) is 5.69 Å². The van der Waals surface area contributed by atoms with Gasteiger partial charge in [0.05, 0.1) is 12.7 Å². The molecular weight excluding hydrogens is 202 g/mol.